The third-order valence-electron chi connectivity index (χ3n) is 3.95. The average Bonchev–Trinajstić information content (AvgIpc) is 2.47. The molecule has 110 valence electrons. The van der Waals surface area contributed by atoms with Gasteiger partial charge in [0.25, 0.3) is 0 Å². The van der Waals surface area contributed by atoms with E-state index in [4.69, 9.17) is 10.5 Å². The standard InChI is InChI=1S/C16H24N2O2/c1-3-13-7-5-6-10-18(13)15-9-8-12(11-14(15)17)16(19)20-4-2/h8-9,11,13H,3-7,10,17H2,1-2H3/t13-/m1/s1. The Morgan fingerprint density at radius 3 is 2.85 bits per heavy atom. The summed E-state index contributed by atoms with van der Waals surface area (Å²) in [6.07, 6.45) is 4.83. The minimum atomic E-state index is -0.309. The number of hydrogen-bond donors (Lipinski definition) is 1. The summed E-state index contributed by atoms with van der Waals surface area (Å²) in [5.41, 5.74) is 8.39. The summed E-state index contributed by atoms with van der Waals surface area (Å²) in [5, 5.41) is 0. The lowest BCUT2D eigenvalue weighted by Gasteiger charge is -2.37. The van der Waals surface area contributed by atoms with Crippen molar-refractivity contribution in [1.29, 1.82) is 0 Å². The van der Waals surface area contributed by atoms with Crippen LogP contribution in [0.25, 0.3) is 0 Å². The van der Waals surface area contributed by atoms with Gasteiger partial charge < -0.3 is 15.4 Å². The van der Waals surface area contributed by atoms with Gasteiger partial charge in [-0.2, -0.15) is 0 Å². The minimum absolute atomic E-state index is 0.309. The second kappa shape index (κ2) is 6.64. The van der Waals surface area contributed by atoms with Crippen LogP contribution in [0.2, 0.25) is 0 Å². The Bertz CT molecular complexity index is 474. The zero-order valence-electron chi connectivity index (χ0n) is 12.4. The van der Waals surface area contributed by atoms with Gasteiger partial charge in [0.1, 0.15) is 0 Å². The quantitative estimate of drug-likeness (QED) is 0.677. The summed E-state index contributed by atoms with van der Waals surface area (Å²) in [5.74, 6) is -0.309. The van der Waals surface area contributed by atoms with Crippen LogP contribution < -0.4 is 10.6 Å². The van der Waals surface area contributed by atoms with E-state index in [-0.39, 0.29) is 5.97 Å². The fourth-order valence-corrected chi connectivity index (χ4v) is 2.90. The van der Waals surface area contributed by atoms with Crippen molar-refractivity contribution >= 4 is 17.3 Å². The Balaban J connectivity index is 2.22. The molecule has 1 aliphatic rings. The first-order valence-electron chi connectivity index (χ1n) is 7.50. The first-order valence-corrected chi connectivity index (χ1v) is 7.50. The van der Waals surface area contributed by atoms with Crippen LogP contribution >= 0.6 is 0 Å². The molecule has 0 aromatic heterocycles. The zero-order valence-corrected chi connectivity index (χ0v) is 12.4. The second-order valence-electron chi connectivity index (χ2n) is 5.25. The van der Waals surface area contributed by atoms with Crippen LogP contribution in [0.4, 0.5) is 11.4 Å². The molecule has 0 bridgehead atoms. The highest BCUT2D eigenvalue weighted by Crippen LogP contribution is 2.31. The number of nitrogens with zero attached hydrogens (tertiary/aromatic N) is 1. The molecular formula is C16H24N2O2. The monoisotopic (exact) mass is 276 g/mol. The highest BCUT2D eigenvalue weighted by molar-refractivity contribution is 5.92. The highest BCUT2D eigenvalue weighted by atomic mass is 16.5. The highest BCUT2D eigenvalue weighted by Gasteiger charge is 2.23. The molecule has 0 spiro atoms. The Morgan fingerprint density at radius 2 is 2.20 bits per heavy atom. The fraction of sp³-hybridized carbons (Fsp3) is 0.562. The Morgan fingerprint density at radius 1 is 1.40 bits per heavy atom. The molecule has 1 saturated heterocycles. The van der Waals surface area contributed by atoms with Crippen molar-refractivity contribution in [3.63, 3.8) is 0 Å². The number of hydrogen-bond acceptors (Lipinski definition) is 4. The lowest BCUT2D eigenvalue weighted by atomic mass is 9.98. The Kier molecular flexibility index (Phi) is 4.88. The predicted molar refractivity (Wildman–Crippen MR) is 82.1 cm³/mol. The van der Waals surface area contributed by atoms with Crippen molar-refractivity contribution in [2.75, 3.05) is 23.8 Å². The summed E-state index contributed by atoms with van der Waals surface area (Å²) in [7, 11) is 0. The molecule has 20 heavy (non-hydrogen) atoms. The van der Waals surface area contributed by atoms with Gasteiger partial charge in [-0.25, -0.2) is 4.79 Å². The maximum absolute atomic E-state index is 11.7. The van der Waals surface area contributed by atoms with Gasteiger partial charge in [0.05, 0.1) is 23.5 Å². The van der Waals surface area contributed by atoms with Crippen LogP contribution in [0.5, 0.6) is 0 Å². The molecule has 0 aliphatic carbocycles. The van der Waals surface area contributed by atoms with E-state index >= 15 is 0 Å². The summed E-state index contributed by atoms with van der Waals surface area (Å²) >= 11 is 0. The van der Waals surface area contributed by atoms with Crippen molar-refractivity contribution < 1.29 is 9.53 Å². The Hall–Kier alpha value is -1.71. The van der Waals surface area contributed by atoms with Crippen LogP contribution in [0.3, 0.4) is 0 Å². The molecule has 2 rings (SSSR count). The third-order valence-corrected chi connectivity index (χ3v) is 3.95. The summed E-state index contributed by atoms with van der Waals surface area (Å²) in [6, 6.07) is 6.05. The van der Waals surface area contributed by atoms with E-state index in [0.717, 1.165) is 18.7 Å². The first kappa shape index (κ1) is 14.7. The van der Waals surface area contributed by atoms with E-state index in [1.807, 2.05) is 12.1 Å². The molecule has 2 N–H and O–H groups in total. The maximum atomic E-state index is 11.7. The number of piperidine rings is 1. The topological polar surface area (TPSA) is 55.6 Å². The first-order chi connectivity index (χ1) is 9.67. The average molecular weight is 276 g/mol. The summed E-state index contributed by atoms with van der Waals surface area (Å²) in [4.78, 5) is 14.1. The second-order valence-corrected chi connectivity index (χ2v) is 5.25. The molecule has 0 amide bonds. The number of benzene rings is 1. The third kappa shape index (κ3) is 3.06. The molecule has 4 nitrogen and oxygen atoms in total. The molecule has 1 heterocycles. The van der Waals surface area contributed by atoms with E-state index in [1.54, 1.807) is 13.0 Å². The maximum Gasteiger partial charge on any atom is 0.338 e. The normalized spacial score (nSPS) is 18.9. The van der Waals surface area contributed by atoms with Crippen molar-refractivity contribution in [2.45, 2.75) is 45.6 Å². The molecular weight excluding hydrogens is 252 g/mol. The van der Waals surface area contributed by atoms with E-state index in [1.165, 1.54) is 19.3 Å². The molecule has 0 saturated carbocycles. The van der Waals surface area contributed by atoms with Gasteiger partial charge in [0.2, 0.25) is 0 Å². The van der Waals surface area contributed by atoms with E-state index < -0.39 is 0 Å². The van der Waals surface area contributed by atoms with Gasteiger partial charge in [-0.05, 0) is 50.8 Å². The van der Waals surface area contributed by atoms with Gasteiger partial charge in [0.15, 0.2) is 0 Å². The fourth-order valence-electron chi connectivity index (χ4n) is 2.90. The smallest absolute Gasteiger partial charge is 0.338 e. The number of anilines is 2. The lowest BCUT2D eigenvalue weighted by Crippen LogP contribution is -2.39. The number of carbonyl (C=O) groups is 1. The number of nitrogen functional groups attached to an aromatic ring is 1. The van der Waals surface area contributed by atoms with E-state index in [9.17, 15) is 4.79 Å². The molecule has 0 unspecified atom stereocenters. The van der Waals surface area contributed by atoms with Crippen LogP contribution in [0, 0.1) is 0 Å². The van der Waals surface area contributed by atoms with Crippen molar-refractivity contribution in [1.82, 2.24) is 0 Å². The molecule has 1 atom stereocenters. The lowest BCUT2D eigenvalue weighted by molar-refractivity contribution is 0.0526. The molecule has 1 fully saturated rings. The van der Waals surface area contributed by atoms with Crippen LogP contribution in [-0.4, -0.2) is 25.2 Å². The molecule has 1 aromatic rings. The van der Waals surface area contributed by atoms with E-state index in [2.05, 4.69) is 11.8 Å². The summed E-state index contributed by atoms with van der Waals surface area (Å²) < 4.78 is 5.00. The Labute approximate surface area is 120 Å². The van der Waals surface area contributed by atoms with Crippen molar-refractivity contribution in [3.8, 4) is 0 Å². The number of esters is 1. The molecule has 1 aliphatic heterocycles. The number of ether oxygens (including phenoxy) is 1. The molecule has 1 aromatic carbocycles. The van der Waals surface area contributed by atoms with Gasteiger partial charge >= 0.3 is 5.97 Å². The number of rotatable bonds is 4. The molecule has 4 heteroatoms. The van der Waals surface area contributed by atoms with Crippen LogP contribution in [-0.2, 0) is 4.74 Å². The number of nitrogens with two attached hydrogens (primary N) is 1. The largest absolute Gasteiger partial charge is 0.462 e. The number of carbonyl (C=O) groups excluding carboxylic acids is 1. The predicted octanol–water partition coefficient (Wildman–Crippen LogP) is 3.21. The van der Waals surface area contributed by atoms with E-state index in [0.29, 0.717) is 23.9 Å². The summed E-state index contributed by atoms with van der Waals surface area (Å²) in [6.45, 7) is 5.44. The van der Waals surface area contributed by atoms with Gasteiger partial charge in [-0.1, -0.05) is 6.92 Å². The van der Waals surface area contributed by atoms with Crippen LogP contribution in [0.1, 0.15) is 49.9 Å². The van der Waals surface area contributed by atoms with Gasteiger partial charge in [0, 0.05) is 12.6 Å². The molecule has 0 radical (unpaired) electrons. The van der Waals surface area contributed by atoms with Crippen molar-refractivity contribution in [3.05, 3.63) is 23.8 Å². The van der Waals surface area contributed by atoms with Gasteiger partial charge in [-0.15, -0.1) is 0 Å². The minimum Gasteiger partial charge on any atom is -0.462 e. The van der Waals surface area contributed by atoms with Crippen molar-refractivity contribution in [2.24, 2.45) is 0 Å². The zero-order chi connectivity index (χ0) is 14.5. The van der Waals surface area contributed by atoms with Gasteiger partial charge in [-0.3, -0.25) is 0 Å². The van der Waals surface area contributed by atoms with Crippen LogP contribution in [0.15, 0.2) is 18.2 Å². The SMILES string of the molecule is CCOC(=O)c1ccc(N2CCCC[C@H]2CC)c(N)c1.